The van der Waals surface area contributed by atoms with Crippen molar-refractivity contribution in [3.8, 4) is 0 Å². The van der Waals surface area contributed by atoms with Crippen LogP contribution < -0.4 is 16.4 Å². The molecule has 0 radical (unpaired) electrons. The lowest BCUT2D eigenvalue weighted by molar-refractivity contribution is 0.0953. The molecule has 116 valence electrons. The summed E-state index contributed by atoms with van der Waals surface area (Å²) in [5.74, 6) is 1.10. The minimum atomic E-state index is -0.0797. The molecule has 0 spiro atoms. The van der Waals surface area contributed by atoms with Crippen LogP contribution in [0.15, 0.2) is 0 Å². The molecule has 1 amide bonds. The maximum absolute atomic E-state index is 12.2. The Morgan fingerprint density at radius 2 is 2.00 bits per heavy atom. The third-order valence-corrected chi connectivity index (χ3v) is 5.24. The van der Waals surface area contributed by atoms with Gasteiger partial charge in [-0.3, -0.25) is 4.79 Å². The number of carbonyl (C=O) groups excluding carboxylic acids is 1. The molecule has 1 aromatic heterocycles. The molecule has 21 heavy (non-hydrogen) atoms. The monoisotopic (exact) mass is 308 g/mol. The molecule has 2 saturated carbocycles. The largest absolute Gasteiger partial charge is 0.382 e. The van der Waals surface area contributed by atoms with Crippen LogP contribution in [0.1, 0.15) is 61.7 Å². The Morgan fingerprint density at radius 1 is 1.24 bits per heavy atom. The van der Waals surface area contributed by atoms with Crippen LogP contribution in [0.5, 0.6) is 0 Å². The zero-order chi connectivity index (χ0) is 14.7. The molecule has 0 bridgehead atoms. The Bertz CT molecular complexity index is 492. The Morgan fingerprint density at radius 3 is 2.71 bits per heavy atom. The van der Waals surface area contributed by atoms with Crippen molar-refractivity contribution in [2.24, 2.45) is 5.92 Å². The molecule has 5 nitrogen and oxygen atoms in total. The van der Waals surface area contributed by atoms with E-state index in [1.807, 2.05) is 0 Å². The number of hydrogen-bond donors (Lipinski definition) is 3. The van der Waals surface area contributed by atoms with Crippen molar-refractivity contribution in [2.75, 3.05) is 17.6 Å². The van der Waals surface area contributed by atoms with Crippen molar-refractivity contribution in [2.45, 2.75) is 57.4 Å². The molecule has 3 rings (SSSR count). The lowest BCUT2D eigenvalue weighted by atomic mass is 9.87. The van der Waals surface area contributed by atoms with Crippen LogP contribution in [0.2, 0.25) is 0 Å². The Hall–Kier alpha value is -1.30. The van der Waals surface area contributed by atoms with Crippen LogP contribution in [-0.2, 0) is 0 Å². The lowest BCUT2D eigenvalue weighted by Gasteiger charge is -2.21. The van der Waals surface area contributed by atoms with Gasteiger partial charge in [0.1, 0.15) is 10.6 Å². The van der Waals surface area contributed by atoms with Crippen molar-refractivity contribution in [3.63, 3.8) is 0 Å². The topological polar surface area (TPSA) is 80.0 Å². The maximum atomic E-state index is 12.2. The van der Waals surface area contributed by atoms with Gasteiger partial charge in [-0.15, -0.1) is 0 Å². The molecule has 0 unspecified atom stereocenters. The van der Waals surface area contributed by atoms with Gasteiger partial charge in [0.15, 0.2) is 5.82 Å². The maximum Gasteiger partial charge on any atom is 0.258 e. The van der Waals surface area contributed by atoms with Gasteiger partial charge in [0.25, 0.3) is 5.91 Å². The predicted octanol–water partition coefficient (Wildman–Crippen LogP) is 3.00. The van der Waals surface area contributed by atoms with E-state index in [4.69, 9.17) is 5.73 Å². The summed E-state index contributed by atoms with van der Waals surface area (Å²) >= 11 is 1.29. The van der Waals surface area contributed by atoms with Crippen molar-refractivity contribution < 1.29 is 4.79 Å². The molecule has 0 atom stereocenters. The van der Waals surface area contributed by atoms with Gasteiger partial charge in [-0.1, -0.05) is 32.1 Å². The number of nitrogen functional groups attached to an aromatic ring is 1. The molecule has 2 aliphatic carbocycles. The number of anilines is 2. The van der Waals surface area contributed by atoms with Crippen LogP contribution in [0, 0.1) is 5.92 Å². The summed E-state index contributed by atoms with van der Waals surface area (Å²) in [6.45, 7) is 0.899. The first-order chi connectivity index (χ1) is 10.2. The zero-order valence-electron chi connectivity index (χ0n) is 12.4. The van der Waals surface area contributed by atoms with Crippen molar-refractivity contribution in [1.29, 1.82) is 0 Å². The van der Waals surface area contributed by atoms with E-state index in [-0.39, 0.29) is 5.91 Å². The smallest absolute Gasteiger partial charge is 0.258 e. The summed E-state index contributed by atoms with van der Waals surface area (Å²) in [4.78, 5) is 12.2. The summed E-state index contributed by atoms with van der Waals surface area (Å²) in [5.41, 5.74) is 6.39. The van der Waals surface area contributed by atoms with E-state index in [1.165, 1.54) is 50.1 Å². The highest BCUT2D eigenvalue weighted by Crippen LogP contribution is 2.30. The second-order valence-electron chi connectivity index (χ2n) is 6.24. The normalized spacial score (nSPS) is 19.4. The van der Waals surface area contributed by atoms with Crippen molar-refractivity contribution in [3.05, 3.63) is 5.56 Å². The number of rotatable bonds is 6. The lowest BCUT2D eigenvalue weighted by Crippen LogP contribution is -2.26. The fourth-order valence-corrected chi connectivity index (χ4v) is 3.73. The van der Waals surface area contributed by atoms with E-state index in [9.17, 15) is 4.79 Å². The minimum Gasteiger partial charge on any atom is -0.382 e. The molecule has 0 aromatic carbocycles. The first-order valence-electron chi connectivity index (χ1n) is 8.04. The van der Waals surface area contributed by atoms with Crippen LogP contribution in [0.25, 0.3) is 0 Å². The molecule has 0 saturated heterocycles. The van der Waals surface area contributed by atoms with Crippen molar-refractivity contribution >= 4 is 28.3 Å². The molecule has 2 aliphatic rings. The van der Waals surface area contributed by atoms with E-state index in [1.54, 1.807) is 0 Å². The fraction of sp³-hybridized carbons (Fsp3) is 0.733. The Labute approximate surface area is 129 Å². The summed E-state index contributed by atoms with van der Waals surface area (Å²) < 4.78 is 4.13. The summed E-state index contributed by atoms with van der Waals surface area (Å²) in [5, 5.41) is 7.18. The third-order valence-electron chi connectivity index (χ3n) is 4.42. The van der Waals surface area contributed by atoms with Gasteiger partial charge >= 0.3 is 0 Å². The Kier molecular flexibility index (Phi) is 4.63. The number of carbonyl (C=O) groups is 1. The summed E-state index contributed by atoms with van der Waals surface area (Å²) in [7, 11) is 0. The molecular formula is C15H24N4OS. The molecule has 4 N–H and O–H groups in total. The summed E-state index contributed by atoms with van der Waals surface area (Å²) in [6.07, 6.45) is 10.1. The minimum absolute atomic E-state index is 0.0797. The van der Waals surface area contributed by atoms with E-state index >= 15 is 0 Å². The zero-order valence-corrected chi connectivity index (χ0v) is 13.2. The average Bonchev–Trinajstić information content (AvgIpc) is 3.22. The number of hydrogen-bond acceptors (Lipinski definition) is 5. The standard InChI is InChI=1S/C15H24N4OS/c16-13-12(14(20)18-11-6-7-11)15(21-19-13)17-9-8-10-4-2-1-3-5-10/h10-11,17H,1-9H2,(H2,16,19)(H,18,20). The molecule has 6 heteroatoms. The number of nitrogens with two attached hydrogens (primary N) is 1. The fourth-order valence-electron chi connectivity index (χ4n) is 2.99. The van der Waals surface area contributed by atoms with E-state index in [0.29, 0.717) is 17.4 Å². The Balaban J connectivity index is 1.53. The first kappa shape index (κ1) is 14.6. The molecule has 0 aliphatic heterocycles. The van der Waals surface area contributed by atoms with Gasteiger partial charge < -0.3 is 16.4 Å². The summed E-state index contributed by atoms with van der Waals surface area (Å²) in [6, 6.07) is 0.340. The van der Waals surface area contributed by atoms with E-state index in [2.05, 4.69) is 15.0 Å². The van der Waals surface area contributed by atoms with E-state index < -0.39 is 0 Å². The van der Waals surface area contributed by atoms with Crippen LogP contribution in [-0.4, -0.2) is 22.9 Å². The average molecular weight is 308 g/mol. The van der Waals surface area contributed by atoms with Crippen molar-refractivity contribution in [1.82, 2.24) is 9.69 Å². The van der Waals surface area contributed by atoms with Gasteiger partial charge in [0.05, 0.1) is 0 Å². The quantitative estimate of drug-likeness (QED) is 0.754. The molecule has 1 aromatic rings. The molecule has 1 heterocycles. The van der Waals surface area contributed by atoms with Gasteiger partial charge in [0, 0.05) is 12.6 Å². The van der Waals surface area contributed by atoms with Crippen LogP contribution >= 0.6 is 11.5 Å². The van der Waals surface area contributed by atoms with Gasteiger partial charge in [-0.25, -0.2) is 0 Å². The SMILES string of the molecule is Nc1nsc(NCCC2CCCCC2)c1C(=O)NC1CC1. The molecular weight excluding hydrogens is 284 g/mol. The van der Waals surface area contributed by atoms with Gasteiger partial charge in [-0.05, 0) is 36.7 Å². The number of amides is 1. The number of nitrogens with zero attached hydrogens (tertiary/aromatic N) is 1. The predicted molar refractivity (Wildman–Crippen MR) is 86.7 cm³/mol. The first-order valence-corrected chi connectivity index (χ1v) is 8.81. The second kappa shape index (κ2) is 6.64. The van der Waals surface area contributed by atoms with E-state index in [0.717, 1.165) is 30.3 Å². The second-order valence-corrected chi connectivity index (χ2v) is 7.01. The third kappa shape index (κ3) is 3.87. The van der Waals surface area contributed by atoms with Crippen LogP contribution in [0.4, 0.5) is 10.8 Å². The van der Waals surface area contributed by atoms with Gasteiger partial charge in [0.2, 0.25) is 0 Å². The van der Waals surface area contributed by atoms with Crippen LogP contribution in [0.3, 0.4) is 0 Å². The highest BCUT2D eigenvalue weighted by molar-refractivity contribution is 7.11. The highest BCUT2D eigenvalue weighted by atomic mass is 32.1. The molecule has 2 fully saturated rings. The van der Waals surface area contributed by atoms with Gasteiger partial charge in [-0.2, -0.15) is 4.37 Å². The number of aromatic nitrogens is 1. The highest BCUT2D eigenvalue weighted by Gasteiger charge is 2.27. The number of nitrogens with one attached hydrogen (secondary N) is 2.